The number of nitrogens with one attached hydrogen (secondary N) is 4. The summed E-state index contributed by atoms with van der Waals surface area (Å²) in [5, 5.41) is 24.4. The van der Waals surface area contributed by atoms with Crippen LogP contribution in [0.2, 0.25) is 0 Å². The second kappa shape index (κ2) is 21.3. The van der Waals surface area contributed by atoms with E-state index in [0.717, 1.165) is 19.3 Å². The Bertz CT molecular complexity index is 3040. The minimum Gasteiger partial charge on any atom is -0.465 e. The number of benzene rings is 3. The van der Waals surface area contributed by atoms with Crippen LogP contribution in [0.1, 0.15) is 132 Å². The van der Waals surface area contributed by atoms with E-state index in [-0.39, 0.29) is 52.6 Å². The van der Waals surface area contributed by atoms with Crippen LogP contribution in [0.3, 0.4) is 0 Å². The number of H-pyrrole nitrogens is 2. The molecule has 5 aromatic rings. The number of carbonyl (C=O) groups is 4. The van der Waals surface area contributed by atoms with E-state index in [2.05, 4.69) is 20.6 Å². The summed E-state index contributed by atoms with van der Waals surface area (Å²) < 4.78 is 78.9. The first kappa shape index (κ1) is 52.4. The Hall–Kier alpha value is -6.68. The fraction of sp³-hybridized carbons (Fsp3) is 0.564. The molecule has 0 aliphatic carbocycles. The van der Waals surface area contributed by atoms with Gasteiger partial charge >= 0.3 is 12.2 Å². The zero-order valence-electron chi connectivity index (χ0n) is 43.3. The van der Waals surface area contributed by atoms with Gasteiger partial charge in [-0.25, -0.2) is 37.1 Å². The number of aromatic amines is 2. The molecule has 4 amide bonds. The number of nitrogens with zero attached hydrogens (tertiary/aromatic N) is 6. The highest BCUT2D eigenvalue weighted by Gasteiger charge is 2.53. The van der Waals surface area contributed by atoms with Gasteiger partial charge in [-0.15, -0.1) is 0 Å². The van der Waals surface area contributed by atoms with Gasteiger partial charge in [0.2, 0.25) is 11.8 Å². The summed E-state index contributed by atoms with van der Waals surface area (Å²) >= 11 is 0. The number of amides is 4. The second-order valence-electron chi connectivity index (χ2n) is 22.1. The van der Waals surface area contributed by atoms with Crippen molar-refractivity contribution in [2.45, 2.75) is 127 Å². The standard InChI is InChI=1S/C55H66F4N10O8/c1-29-22-45(33-25-39-41(27-35(33)56)62-49(60-39)43-8-6-16-67(43)51(70)46(64-53(72)73)30-10-18-76-19-11-30)69(32-23-37(58)48(38(59)24-32)66-14-4-3-5-15-66)55(29,2)34-26-40-42(28-36(34)57)63-50(61-40)44-9-7-17-68(44)52(71)47(65-54(74)75)31-12-20-77-21-13-31/h23-31,43-47,64-65H,3-22H2,1-2H3,(H,60,62)(H,61,63)(H,72,73)(H,74,75)/t29?,43?,44?,45-,46?,47+,55+/m1/s1. The smallest absolute Gasteiger partial charge is 0.405 e. The quantitative estimate of drug-likeness (QED) is 0.0645. The van der Waals surface area contributed by atoms with Crippen molar-refractivity contribution in [1.29, 1.82) is 0 Å². The second-order valence-corrected chi connectivity index (χ2v) is 22.1. The number of imidazole rings is 2. The normalized spacial score (nSPS) is 25.5. The number of ether oxygens (including phenoxy) is 2. The Morgan fingerprint density at radius 1 is 0.636 bits per heavy atom. The number of halogens is 4. The zero-order chi connectivity index (χ0) is 53.9. The molecule has 3 aromatic carbocycles. The summed E-state index contributed by atoms with van der Waals surface area (Å²) in [4.78, 5) is 75.4. The zero-order valence-corrected chi connectivity index (χ0v) is 43.3. The Balaban J connectivity index is 0.955. The largest absolute Gasteiger partial charge is 0.465 e. The number of hydrogen-bond acceptors (Lipinski definition) is 10. The van der Waals surface area contributed by atoms with Gasteiger partial charge in [-0.05, 0) is 138 Å². The predicted octanol–water partition coefficient (Wildman–Crippen LogP) is 8.94. The highest BCUT2D eigenvalue weighted by molar-refractivity contribution is 5.87. The van der Waals surface area contributed by atoms with E-state index in [1.807, 2.05) is 6.92 Å². The predicted molar refractivity (Wildman–Crippen MR) is 275 cm³/mol. The lowest BCUT2D eigenvalue weighted by Gasteiger charge is -2.43. The highest BCUT2D eigenvalue weighted by atomic mass is 19.1. The molecule has 22 heteroatoms. The number of aromatic nitrogens is 4. The van der Waals surface area contributed by atoms with Crippen LogP contribution in [0.15, 0.2) is 36.4 Å². The molecule has 18 nitrogen and oxygen atoms in total. The molecule has 6 aliphatic heterocycles. The molecule has 0 saturated carbocycles. The molecule has 7 atom stereocenters. The van der Waals surface area contributed by atoms with Gasteiger partial charge in [0.1, 0.15) is 41.1 Å². The van der Waals surface area contributed by atoms with Crippen LogP contribution >= 0.6 is 0 Å². The molecular weight excluding hydrogens is 1000 g/mol. The number of likely N-dealkylation sites (tertiary alicyclic amines) is 2. The average Bonchev–Trinajstić information content (AvgIpc) is 4.30. The first-order valence-corrected chi connectivity index (χ1v) is 27.3. The summed E-state index contributed by atoms with van der Waals surface area (Å²) in [5.41, 5.74) is 0.257. The van der Waals surface area contributed by atoms with Crippen LogP contribution < -0.4 is 20.4 Å². The minimum absolute atomic E-state index is 0.0744. The number of hydrogen-bond donors (Lipinski definition) is 6. The van der Waals surface area contributed by atoms with Gasteiger partial charge in [0, 0.05) is 69.4 Å². The molecule has 0 spiro atoms. The number of fused-ring (bicyclic) bond motifs is 2. The minimum atomic E-state index is -1.39. The molecule has 0 bridgehead atoms. The van der Waals surface area contributed by atoms with E-state index >= 15 is 17.6 Å². The van der Waals surface area contributed by atoms with E-state index < -0.39 is 77.1 Å². The number of anilines is 2. The summed E-state index contributed by atoms with van der Waals surface area (Å²) in [6.07, 6.45) is 4.46. The fourth-order valence-corrected chi connectivity index (χ4v) is 13.6. The summed E-state index contributed by atoms with van der Waals surface area (Å²) in [6, 6.07) is 4.32. The first-order valence-electron chi connectivity index (χ1n) is 27.3. The van der Waals surface area contributed by atoms with Crippen LogP contribution in [0, 0.1) is 41.0 Å². The molecule has 8 heterocycles. The Kier molecular flexibility index (Phi) is 14.5. The summed E-state index contributed by atoms with van der Waals surface area (Å²) in [7, 11) is 0. The van der Waals surface area contributed by atoms with Crippen LogP contribution in [-0.4, -0.2) is 129 Å². The Labute approximate surface area is 442 Å². The number of carboxylic acid groups (broad SMARTS) is 2. The maximum absolute atomic E-state index is 17.3. The molecular formula is C55H66F4N10O8. The first-order chi connectivity index (χ1) is 37.1. The van der Waals surface area contributed by atoms with Gasteiger partial charge < -0.3 is 59.9 Å². The van der Waals surface area contributed by atoms with Crippen LogP contribution in [0.4, 0.5) is 38.5 Å². The lowest BCUT2D eigenvalue weighted by molar-refractivity contribution is -0.137. The van der Waals surface area contributed by atoms with Crippen LogP contribution in [-0.2, 0) is 24.6 Å². The van der Waals surface area contributed by atoms with Gasteiger partial charge in [0.15, 0.2) is 11.6 Å². The molecule has 11 rings (SSSR count). The molecule has 2 aromatic heterocycles. The Morgan fingerprint density at radius 3 is 1.64 bits per heavy atom. The van der Waals surface area contributed by atoms with Crippen LogP contribution in [0.5, 0.6) is 0 Å². The third kappa shape index (κ3) is 9.77. The van der Waals surface area contributed by atoms with E-state index in [1.54, 1.807) is 38.7 Å². The molecule has 0 radical (unpaired) electrons. The maximum atomic E-state index is 17.3. The van der Waals surface area contributed by atoms with Gasteiger partial charge in [-0.2, -0.15) is 0 Å². The van der Waals surface area contributed by atoms with Crippen molar-refractivity contribution in [2.75, 3.05) is 62.4 Å². The van der Waals surface area contributed by atoms with Crippen molar-refractivity contribution in [3.63, 3.8) is 0 Å². The van der Waals surface area contributed by atoms with Crippen molar-refractivity contribution in [1.82, 2.24) is 40.4 Å². The molecule has 6 saturated heterocycles. The molecule has 412 valence electrons. The van der Waals surface area contributed by atoms with Gasteiger partial charge in [0.25, 0.3) is 0 Å². The van der Waals surface area contributed by atoms with E-state index in [4.69, 9.17) is 19.4 Å². The molecule has 6 N–H and O–H groups in total. The van der Waals surface area contributed by atoms with Gasteiger partial charge in [0.05, 0.1) is 45.7 Å². The Morgan fingerprint density at radius 2 is 1.13 bits per heavy atom. The van der Waals surface area contributed by atoms with E-state index in [1.165, 1.54) is 24.3 Å². The number of carbonyl (C=O) groups excluding carboxylic acids is 2. The van der Waals surface area contributed by atoms with Crippen molar-refractivity contribution < 1.29 is 56.4 Å². The van der Waals surface area contributed by atoms with Crippen molar-refractivity contribution in [3.8, 4) is 0 Å². The lowest BCUT2D eigenvalue weighted by Crippen LogP contribution is -2.52. The molecule has 6 aliphatic rings. The SMILES string of the molecule is CC1C[C@H](c2cc3nc(C4CCCN4C(=O)C(NC(=O)O)C4CCOCC4)[nH]c3cc2F)N(c2cc(F)c(N3CCCCC3)c(F)c2)[C@]1(C)c1cc2nc(C3CCCN3C(=O)[C@@H](NC(=O)O)C3CCOCC3)[nH]c2cc1F. The number of piperidine rings is 1. The summed E-state index contributed by atoms with van der Waals surface area (Å²) in [6.45, 7) is 7.01. The van der Waals surface area contributed by atoms with E-state index in [9.17, 15) is 29.4 Å². The van der Waals surface area contributed by atoms with Gasteiger partial charge in [-0.1, -0.05) is 6.92 Å². The molecule has 77 heavy (non-hydrogen) atoms. The van der Waals surface area contributed by atoms with Gasteiger partial charge in [-0.3, -0.25) is 9.59 Å². The third-order valence-electron chi connectivity index (χ3n) is 17.7. The topological polar surface area (TPSA) is 222 Å². The van der Waals surface area contributed by atoms with E-state index in [0.29, 0.717) is 138 Å². The summed E-state index contributed by atoms with van der Waals surface area (Å²) in [5.74, 6) is -3.84. The maximum Gasteiger partial charge on any atom is 0.405 e. The molecule has 6 fully saturated rings. The highest BCUT2D eigenvalue weighted by Crippen LogP contribution is 2.56. The number of rotatable bonds is 12. The van der Waals surface area contributed by atoms with Crippen molar-refractivity contribution in [2.24, 2.45) is 17.8 Å². The third-order valence-corrected chi connectivity index (χ3v) is 17.7. The average molecular weight is 1070 g/mol. The van der Waals surface area contributed by atoms with Crippen molar-refractivity contribution in [3.05, 3.63) is 82.4 Å². The molecule has 4 unspecified atom stereocenters. The van der Waals surface area contributed by atoms with Crippen LogP contribution in [0.25, 0.3) is 22.1 Å². The lowest BCUT2D eigenvalue weighted by atomic mass is 9.80. The fourth-order valence-electron chi connectivity index (χ4n) is 13.6. The monoisotopic (exact) mass is 1070 g/mol. The van der Waals surface area contributed by atoms with Crippen molar-refractivity contribution >= 4 is 57.4 Å².